The Labute approximate surface area is 142 Å². The second kappa shape index (κ2) is 7.44. The average molecular weight is 341 g/mol. The summed E-state index contributed by atoms with van der Waals surface area (Å²) in [4.78, 5) is 15.9. The molecule has 0 radical (unpaired) electrons. The second-order valence-corrected chi connectivity index (χ2v) is 5.78. The molecule has 0 spiro atoms. The van der Waals surface area contributed by atoms with E-state index in [0.29, 0.717) is 0 Å². The van der Waals surface area contributed by atoms with Gasteiger partial charge in [-0.2, -0.15) is 10.5 Å². The molecule has 0 saturated carbocycles. The molecular formula is C16H12FN5OS. The van der Waals surface area contributed by atoms with E-state index >= 15 is 0 Å². The molecule has 0 atom stereocenters. The smallest absolute Gasteiger partial charge is 0.234 e. The van der Waals surface area contributed by atoms with Crippen LogP contribution in [-0.4, -0.2) is 16.6 Å². The summed E-state index contributed by atoms with van der Waals surface area (Å²) < 4.78 is 13.7. The van der Waals surface area contributed by atoms with Gasteiger partial charge in [-0.05, 0) is 30.7 Å². The molecule has 6 nitrogen and oxygen atoms in total. The quantitative estimate of drug-likeness (QED) is 0.826. The van der Waals surface area contributed by atoms with Crippen LogP contribution < -0.4 is 11.1 Å². The summed E-state index contributed by atoms with van der Waals surface area (Å²) in [6.07, 6.45) is 0. The number of nitriles is 2. The number of thioether (sulfide) groups is 1. The number of hydrogen-bond donors (Lipinski definition) is 2. The van der Waals surface area contributed by atoms with Crippen LogP contribution in [0.2, 0.25) is 0 Å². The van der Waals surface area contributed by atoms with Crippen LogP contribution in [0.25, 0.3) is 0 Å². The lowest BCUT2D eigenvalue weighted by molar-refractivity contribution is -0.113. The number of pyridine rings is 1. The normalized spacial score (nSPS) is 9.83. The maximum absolute atomic E-state index is 13.7. The minimum Gasteiger partial charge on any atom is -0.383 e. The van der Waals surface area contributed by atoms with E-state index in [1.165, 1.54) is 18.2 Å². The van der Waals surface area contributed by atoms with E-state index in [0.717, 1.165) is 17.3 Å². The summed E-state index contributed by atoms with van der Waals surface area (Å²) in [5.41, 5.74) is 6.69. The SMILES string of the molecule is Cc1ccc(NC(=O)CSc2nc(N)c(C#N)cc2C#N)c(F)c1. The molecule has 2 rings (SSSR count). The van der Waals surface area contributed by atoms with Crippen LogP contribution in [0.5, 0.6) is 0 Å². The molecule has 1 amide bonds. The predicted molar refractivity (Wildman–Crippen MR) is 88.6 cm³/mol. The van der Waals surface area contributed by atoms with Crippen molar-refractivity contribution in [3.8, 4) is 12.1 Å². The molecule has 0 unspecified atom stereocenters. The van der Waals surface area contributed by atoms with E-state index in [-0.39, 0.29) is 33.4 Å². The monoisotopic (exact) mass is 341 g/mol. The van der Waals surface area contributed by atoms with Gasteiger partial charge in [0.1, 0.15) is 28.8 Å². The van der Waals surface area contributed by atoms with Gasteiger partial charge in [0.05, 0.1) is 22.6 Å². The van der Waals surface area contributed by atoms with Gasteiger partial charge in [-0.3, -0.25) is 4.79 Å². The van der Waals surface area contributed by atoms with E-state index in [9.17, 15) is 9.18 Å². The molecular weight excluding hydrogens is 329 g/mol. The van der Waals surface area contributed by atoms with Crippen molar-refractivity contribution in [2.75, 3.05) is 16.8 Å². The van der Waals surface area contributed by atoms with Gasteiger partial charge in [-0.15, -0.1) is 0 Å². The van der Waals surface area contributed by atoms with E-state index in [4.69, 9.17) is 16.3 Å². The van der Waals surface area contributed by atoms with Crippen LogP contribution in [0.4, 0.5) is 15.9 Å². The maximum atomic E-state index is 13.7. The highest BCUT2D eigenvalue weighted by molar-refractivity contribution is 8.00. The zero-order chi connectivity index (χ0) is 17.7. The number of aryl methyl sites for hydroxylation is 1. The standard InChI is InChI=1S/C16H12FN5OS/c1-9-2-3-13(12(17)4-9)21-14(23)8-24-16-11(7-19)5-10(6-18)15(20)22-16/h2-5H,8H2,1H3,(H2,20,22)(H,21,23). The first kappa shape index (κ1) is 17.3. The molecule has 0 aliphatic carbocycles. The Kier molecular flexibility index (Phi) is 5.35. The molecule has 0 saturated heterocycles. The summed E-state index contributed by atoms with van der Waals surface area (Å²) >= 11 is 0.984. The number of carbonyl (C=O) groups is 1. The van der Waals surface area contributed by atoms with Gasteiger partial charge in [0, 0.05) is 0 Å². The van der Waals surface area contributed by atoms with Crippen molar-refractivity contribution in [3.63, 3.8) is 0 Å². The van der Waals surface area contributed by atoms with E-state index < -0.39 is 11.7 Å². The number of nitrogens with zero attached hydrogens (tertiary/aromatic N) is 3. The number of amides is 1. The van der Waals surface area contributed by atoms with Crippen molar-refractivity contribution < 1.29 is 9.18 Å². The number of nitrogens with one attached hydrogen (secondary N) is 1. The Balaban J connectivity index is 2.08. The highest BCUT2D eigenvalue weighted by atomic mass is 32.2. The number of carbonyl (C=O) groups excluding carboxylic acids is 1. The van der Waals surface area contributed by atoms with E-state index in [1.54, 1.807) is 13.0 Å². The highest BCUT2D eigenvalue weighted by Crippen LogP contribution is 2.24. The summed E-state index contributed by atoms with van der Waals surface area (Å²) in [6, 6.07) is 9.54. The van der Waals surface area contributed by atoms with Crippen molar-refractivity contribution in [1.29, 1.82) is 10.5 Å². The van der Waals surface area contributed by atoms with Gasteiger partial charge in [0.25, 0.3) is 0 Å². The molecule has 120 valence electrons. The fourth-order valence-electron chi connectivity index (χ4n) is 1.83. The van der Waals surface area contributed by atoms with Gasteiger partial charge < -0.3 is 11.1 Å². The molecule has 8 heteroatoms. The first-order chi connectivity index (χ1) is 11.4. The van der Waals surface area contributed by atoms with Crippen molar-refractivity contribution in [2.45, 2.75) is 11.9 Å². The lowest BCUT2D eigenvalue weighted by atomic mass is 10.2. The molecule has 24 heavy (non-hydrogen) atoms. The molecule has 2 aromatic rings. The number of aromatic nitrogens is 1. The van der Waals surface area contributed by atoms with Crippen LogP contribution in [0.1, 0.15) is 16.7 Å². The number of halogens is 1. The molecule has 1 aromatic carbocycles. The number of anilines is 2. The Bertz CT molecular complexity index is 885. The summed E-state index contributed by atoms with van der Waals surface area (Å²) in [6.45, 7) is 1.74. The maximum Gasteiger partial charge on any atom is 0.234 e. The van der Waals surface area contributed by atoms with Crippen LogP contribution in [0.15, 0.2) is 29.3 Å². The van der Waals surface area contributed by atoms with Gasteiger partial charge >= 0.3 is 0 Å². The minimum absolute atomic E-state index is 0.0102. The molecule has 0 fully saturated rings. The highest BCUT2D eigenvalue weighted by Gasteiger charge is 2.13. The second-order valence-electron chi connectivity index (χ2n) is 4.82. The average Bonchev–Trinajstić information content (AvgIpc) is 2.55. The lowest BCUT2D eigenvalue weighted by Gasteiger charge is -2.08. The third-order valence-electron chi connectivity index (χ3n) is 3.00. The van der Waals surface area contributed by atoms with Gasteiger partial charge in [-0.1, -0.05) is 17.8 Å². The van der Waals surface area contributed by atoms with Crippen molar-refractivity contribution in [3.05, 3.63) is 46.8 Å². The Morgan fingerprint density at radius 2 is 2.04 bits per heavy atom. The minimum atomic E-state index is -0.521. The third-order valence-corrected chi connectivity index (χ3v) is 3.99. The number of rotatable bonds is 4. The fraction of sp³-hybridized carbons (Fsp3) is 0.125. The first-order valence-electron chi connectivity index (χ1n) is 6.74. The Hall–Kier alpha value is -3.10. The molecule has 0 aliphatic heterocycles. The van der Waals surface area contributed by atoms with Gasteiger partial charge in [0.15, 0.2) is 0 Å². The Morgan fingerprint density at radius 3 is 2.67 bits per heavy atom. The summed E-state index contributed by atoms with van der Waals surface area (Å²) in [5.74, 6) is -1.06. The van der Waals surface area contributed by atoms with Crippen LogP contribution in [0, 0.1) is 35.4 Å². The molecule has 0 bridgehead atoms. The predicted octanol–water partition coefficient (Wildman–Crippen LogP) is 2.59. The van der Waals surface area contributed by atoms with Gasteiger partial charge in [0.2, 0.25) is 5.91 Å². The fourth-order valence-corrected chi connectivity index (χ4v) is 2.59. The largest absolute Gasteiger partial charge is 0.383 e. The van der Waals surface area contributed by atoms with Crippen molar-refractivity contribution in [2.24, 2.45) is 0 Å². The number of nitrogens with two attached hydrogens (primary N) is 1. The molecule has 3 N–H and O–H groups in total. The number of nitrogen functional groups attached to an aromatic ring is 1. The van der Waals surface area contributed by atoms with E-state index in [2.05, 4.69) is 10.3 Å². The zero-order valence-electron chi connectivity index (χ0n) is 12.6. The number of benzene rings is 1. The summed E-state index contributed by atoms with van der Waals surface area (Å²) in [7, 11) is 0. The molecule has 1 heterocycles. The van der Waals surface area contributed by atoms with Crippen LogP contribution >= 0.6 is 11.8 Å². The third kappa shape index (κ3) is 4.00. The first-order valence-corrected chi connectivity index (χ1v) is 7.72. The van der Waals surface area contributed by atoms with Crippen molar-refractivity contribution in [1.82, 2.24) is 4.98 Å². The van der Waals surface area contributed by atoms with Crippen LogP contribution in [-0.2, 0) is 4.79 Å². The molecule has 1 aromatic heterocycles. The van der Waals surface area contributed by atoms with E-state index in [1.807, 2.05) is 12.1 Å². The summed E-state index contributed by atoms with van der Waals surface area (Å²) in [5, 5.41) is 20.7. The Morgan fingerprint density at radius 1 is 1.33 bits per heavy atom. The van der Waals surface area contributed by atoms with Gasteiger partial charge in [-0.25, -0.2) is 9.37 Å². The molecule has 0 aliphatic rings. The zero-order valence-corrected chi connectivity index (χ0v) is 13.4. The van der Waals surface area contributed by atoms with Crippen LogP contribution in [0.3, 0.4) is 0 Å². The number of hydrogen-bond acceptors (Lipinski definition) is 6. The topological polar surface area (TPSA) is 116 Å². The lowest BCUT2D eigenvalue weighted by Crippen LogP contribution is -2.15. The van der Waals surface area contributed by atoms with Crippen molar-refractivity contribution >= 4 is 29.2 Å².